The smallest absolute Gasteiger partial charge is 0.254 e. The monoisotopic (exact) mass is 762 g/mol. The number of nitrogens with zero attached hydrogens (tertiary/aromatic N) is 6. The van der Waals surface area contributed by atoms with E-state index in [0.717, 1.165) is 64.1 Å². The molecule has 11 nitrogen and oxygen atoms in total. The van der Waals surface area contributed by atoms with E-state index in [2.05, 4.69) is 38.3 Å². The van der Waals surface area contributed by atoms with Gasteiger partial charge in [0.1, 0.15) is 29.0 Å². The van der Waals surface area contributed by atoms with Crippen molar-refractivity contribution in [2.24, 2.45) is 5.73 Å². The summed E-state index contributed by atoms with van der Waals surface area (Å²) in [4.78, 5) is 35.9. The van der Waals surface area contributed by atoms with Crippen LogP contribution in [0.1, 0.15) is 34.3 Å². The molecule has 5 aromatic carbocycles. The van der Waals surface area contributed by atoms with Gasteiger partial charge in [-0.05, 0) is 98.5 Å². The molecule has 0 spiro atoms. The second-order valence-corrected chi connectivity index (χ2v) is 14.7. The van der Waals surface area contributed by atoms with E-state index in [1.165, 1.54) is 12.1 Å². The van der Waals surface area contributed by atoms with Crippen molar-refractivity contribution in [1.29, 1.82) is 0 Å². The lowest BCUT2D eigenvalue weighted by atomic mass is 10.1. The molecule has 0 unspecified atom stereocenters. The normalized spacial score (nSPS) is 16.5. The Labute approximate surface area is 329 Å². The van der Waals surface area contributed by atoms with Crippen molar-refractivity contribution < 1.29 is 19.4 Å². The molecule has 0 saturated carbocycles. The molecule has 0 aliphatic carbocycles. The molecule has 1 amide bonds. The third-order valence-corrected chi connectivity index (χ3v) is 10.4. The third-order valence-electron chi connectivity index (χ3n) is 10.4. The quantitative estimate of drug-likeness (QED) is 0.136. The first kappa shape index (κ1) is 37.3. The molecule has 2 atom stereocenters. The zero-order chi connectivity index (χ0) is 39.6. The van der Waals surface area contributed by atoms with Gasteiger partial charge >= 0.3 is 0 Å². The van der Waals surface area contributed by atoms with Crippen molar-refractivity contribution in [2.45, 2.75) is 38.8 Å². The highest BCUT2D eigenvalue weighted by atomic mass is 19.1. The average molecular weight is 763 g/mol. The summed E-state index contributed by atoms with van der Waals surface area (Å²) in [6.45, 7) is 6.96. The fraction of sp³-hybridized carbons (Fsp3) is 0.222. The average Bonchev–Trinajstić information content (AvgIpc) is 3.86. The summed E-state index contributed by atoms with van der Waals surface area (Å²) in [5.74, 6) is 1.99. The van der Waals surface area contributed by atoms with Crippen LogP contribution in [0.15, 0.2) is 109 Å². The molecular formula is C45H43FN8O3. The Bertz CT molecular complexity index is 2620. The van der Waals surface area contributed by atoms with E-state index in [4.69, 9.17) is 20.7 Å². The molecule has 2 fully saturated rings. The Morgan fingerprint density at radius 3 is 1.72 bits per heavy atom. The van der Waals surface area contributed by atoms with Crippen LogP contribution in [0.25, 0.3) is 44.6 Å². The summed E-state index contributed by atoms with van der Waals surface area (Å²) in [5.41, 5.74) is 11.2. The summed E-state index contributed by atoms with van der Waals surface area (Å²) in [6.07, 6.45) is 1.67. The van der Waals surface area contributed by atoms with Gasteiger partial charge in [-0.3, -0.25) is 4.79 Å². The highest BCUT2D eigenvalue weighted by molar-refractivity contribution is 5.95. The van der Waals surface area contributed by atoms with E-state index in [-0.39, 0.29) is 29.1 Å². The molecule has 0 radical (unpaired) electrons. The van der Waals surface area contributed by atoms with Gasteiger partial charge in [-0.2, -0.15) is 0 Å². The molecule has 5 N–H and O–H groups in total. The largest absolute Gasteiger partial charge is 0.507 e. The summed E-state index contributed by atoms with van der Waals surface area (Å²) < 4.78 is 14.0. The number of para-hydroxylation sites is 2. The SMILES string of the molecule is Cc1ccc2c(N3CC[C@@H](N)C3)nc(-c3ccccc3O)nc2c1.Cc1ccc2c(N3CC[C@@H](NC(=O)c4ccccc4F)C3)nc(-c3ccccc3O)nc2c1. The van der Waals surface area contributed by atoms with E-state index in [9.17, 15) is 19.4 Å². The second kappa shape index (κ2) is 15.8. The molecule has 4 heterocycles. The van der Waals surface area contributed by atoms with Crippen molar-refractivity contribution in [2.75, 3.05) is 36.0 Å². The number of aryl methyl sites for hydroxylation is 2. The third kappa shape index (κ3) is 7.90. The maximum absolute atomic E-state index is 14.0. The second-order valence-electron chi connectivity index (χ2n) is 14.7. The zero-order valence-electron chi connectivity index (χ0n) is 31.7. The van der Waals surface area contributed by atoms with Gasteiger partial charge in [-0.1, -0.05) is 48.5 Å². The van der Waals surface area contributed by atoms with E-state index in [0.29, 0.717) is 42.3 Å². The van der Waals surface area contributed by atoms with Crippen LogP contribution in [0.3, 0.4) is 0 Å². The Morgan fingerprint density at radius 1 is 0.684 bits per heavy atom. The molecular weight excluding hydrogens is 720 g/mol. The van der Waals surface area contributed by atoms with Gasteiger partial charge in [0.15, 0.2) is 11.6 Å². The number of phenolic OH excluding ortho intramolecular Hbond substituents is 2. The molecule has 9 rings (SSSR count). The predicted octanol–water partition coefficient (Wildman–Crippen LogP) is 7.31. The molecule has 2 aliphatic rings. The number of hydrogen-bond donors (Lipinski definition) is 4. The van der Waals surface area contributed by atoms with Crippen LogP contribution in [0, 0.1) is 19.7 Å². The minimum Gasteiger partial charge on any atom is -0.507 e. The number of rotatable bonds is 6. The number of carbonyl (C=O) groups is 1. The lowest BCUT2D eigenvalue weighted by Crippen LogP contribution is -2.37. The molecule has 2 saturated heterocycles. The fourth-order valence-electron chi connectivity index (χ4n) is 7.45. The van der Waals surface area contributed by atoms with Crippen molar-refractivity contribution in [3.8, 4) is 34.3 Å². The van der Waals surface area contributed by atoms with Crippen molar-refractivity contribution in [1.82, 2.24) is 25.3 Å². The van der Waals surface area contributed by atoms with Crippen LogP contribution in [-0.2, 0) is 0 Å². The first-order valence-electron chi connectivity index (χ1n) is 19.1. The molecule has 2 aromatic heterocycles. The topological polar surface area (TPSA) is 154 Å². The van der Waals surface area contributed by atoms with Gasteiger partial charge in [0.25, 0.3) is 5.91 Å². The van der Waals surface area contributed by atoms with Gasteiger partial charge in [-0.25, -0.2) is 24.3 Å². The van der Waals surface area contributed by atoms with Crippen LogP contribution in [0.4, 0.5) is 16.0 Å². The lowest BCUT2D eigenvalue weighted by Gasteiger charge is -2.21. The predicted molar refractivity (Wildman–Crippen MR) is 222 cm³/mol. The van der Waals surface area contributed by atoms with Gasteiger partial charge in [0.2, 0.25) is 0 Å². The maximum Gasteiger partial charge on any atom is 0.254 e. The van der Waals surface area contributed by atoms with E-state index in [1.54, 1.807) is 42.5 Å². The number of nitrogens with one attached hydrogen (secondary N) is 1. The number of anilines is 2. The van der Waals surface area contributed by atoms with E-state index < -0.39 is 11.7 Å². The van der Waals surface area contributed by atoms with Crippen molar-refractivity contribution in [3.05, 3.63) is 132 Å². The maximum atomic E-state index is 14.0. The molecule has 0 bridgehead atoms. The van der Waals surface area contributed by atoms with Crippen LogP contribution < -0.4 is 20.9 Å². The van der Waals surface area contributed by atoms with Crippen LogP contribution in [-0.4, -0.2) is 74.3 Å². The van der Waals surface area contributed by atoms with Gasteiger partial charge in [0.05, 0.1) is 27.7 Å². The molecule has 57 heavy (non-hydrogen) atoms. The standard InChI is InChI=1S/C26H23FN4O2.C19H20N4O/c1-16-10-11-19-22(14-16)29-24(20-7-3-5-9-23(20)32)30-25(19)31-13-12-17(15-31)28-26(33)18-6-2-4-8-21(18)27;1-12-6-7-14-16(10-12)21-18(15-4-2-3-5-17(15)24)22-19(14)23-9-8-13(20)11-23/h2-11,14,17,32H,12-13,15H2,1H3,(H,28,33);2-7,10,13,24H,8-9,11,20H2,1H3/t17-;13-/m11/s1. The Morgan fingerprint density at radius 2 is 1.19 bits per heavy atom. The lowest BCUT2D eigenvalue weighted by molar-refractivity contribution is 0.0936. The Hall–Kier alpha value is -6.66. The minimum atomic E-state index is -0.533. The number of nitrogens with two attached hydrogens (primary N) is 1. The zero-order valence-corrected chi connectivity index (χ0v) is 31.7. The number of amides is 1. The molecule has 7 aromatic rings. The van der Waals surface area contributed by atoms with Gasteiger partial charge in [-0.15, -0.1) is 0 Å². The first-order valence-corrected chi connectivity index (χ1v) is 19.1. The molecule has 2 aliphatic heterocycles. The number of halogens is 1. The number of aromatic nitrogens is 4. The molecule has 288 valence electrons. The summed E-state index contributed by atoms with van der Waals surface area (Å²) in [5, 5.41) is 25.4. The molecule has 12 heteroatoms. The van der Waals surface area contributed by atoms with Crippen LogP contribution >= 0.6 is 0 Å². The fourth-order valence-corrected chi connectivity index (χ4v) is 7.45. The van der Waals surface area contributed by atoms with Crippen LogP contribution in [0.2, 0.25) is 0 Å². The first-order chi connectivity index (χ1) is 27.6. The minimum absolute atomic E-state index is 0.0424. The summed E-state index contributed by atoms with van der Waals surface area (Å²) in [6, 6.07) is 32.4. The highest BCUT2D eigenvalue weighted by Gasteiger charge is 2.28. The van der Waals surface area contributed by atoms with Gasteiger partial charge < -0.3 is 31.1 Å². The van der Waals surface area contributed by atoms with Crippen LogP contribution in [0.5, 0.6) is 11.5 Å². The number of aromatic hydroxyl groups is 2. The number of phenols is 2. The Kier molecular flexibility index (Phi) is 10.4. The number of fused-ring (bicyclic) bond motifs is 2. The summed E-state index contributed by atoms with van der Waals surface area (Å²) >= 11 is 0. The number of carbonyl (C=O) groups excluding carboxylic acids is 1. The van der Waals surface area contributed by atoms with Crippen molar-refractivity contribution >= 4 is 39.3 Å². The van der Waals surface area contributed by atoms with Crippen molar-refractivity contribution in [3.63, 3.8) is 0 Å². The number of benzene rings is 5. The van der Waals surface area contributed by atoms with E-state index >= 15 is 0 Å². The van der Waals surface area contributed by atoms with Gasteiger partial charge in [0, 0.05) is 49.0 Å². The Balaban J connectivity index is 0.000000168. The van der Waals surface area contributed by atoms with E-state index in [1.807, 2.05) is 50.2 Å². The summed E-state index contributed by atoms with van der Waals surface area (Å²) in [7, 11) is 0. The highest BCUT2D eigenvalue weighted by Crippen LogP contribution is 2.35. The number of hydrogen-bond acceptors (Lipinski definition) is 10.